The van der Waals surface area contributed by atoms with Crippen molar-refractivity contribution < 1.29 is 23.6 Å². The maximum atomic E-state index is 11.7. The first-order valence-electron chi connectivity index (χ1n) is 5.51. The molecule has 0 bridgehead atoms. The van der Waals surface area contributed by atoms with Gasteiger partial charge in [-0.15, -0.1) is 0 Å². The van der Waals surface area contributed by atoms with Crippen molar-refractivity contribution in [1.82, 2.24) is 10.5 Å². The van der Waals surface area contributed by atoms with E-state index in [0.717, 1.165) is 0 Å². The number of carboxylic acids is 1. The molecule has 2 N–H and O–H groups in total. The number of hydrogen-bond acceptors (Lipinski definition) is 5. The lowest BCUT2D eigenvalue weighted by atomic mass is 10.2. The lowest BCUT2D eigenvalue weighted by molar-refractivity contribution is 0.0659. The van der Waals surface area contributed by atoms with Gasteiger partial charge in [-0.25, -0.2) is 4.79 Å². The van der Waals surface area contributed by atoms with Crippen LogP contribution in [-0.2, 0) is 6.54 Å². The molecular formula is C12H12N2O5. The number of nitrogens with zero attached hydrogens (tertiary/aromatic N) is 1. The van der Waals surface area contributed by atoms with Gasteiger partial charge in [0.1, 0.15) is 11.5 Å². The van der Waals surface area contributed by atoms with Crippen LogP contribution < -0.4 is 5.32 Å². The normalized spacial score (nSPS) is 10.4. The number of carboxylic acid groups (broad SMARTS) is 1. The standard InChI is InChI=1S/C12H12N2O5/c1-6-3-8(18-10(6)12(16)17)5-13-11(15)9-4-7(2)19-14-9/h3-4H,5H2,1-2H3,(H,13,15)(H,16,17). The van der Waals surface area contributed by atoms with Gasteiger partial charge in [0, 0.05) is 11.6 Å². The van der Waals surface area contributed by atoms with Crippen LogP contribution in [0.3, 0.4) is 0 Å². The molecule has 0 radical (unpaired) electrons. The summed E-state index contributed by atoms with van der Waals surface area (Å²) in [4.78, 5) is 22.5. The highest BCUT2D eigenvalue weighted by atomic mass is 16.5. The van der Waals surface area contributed by atoms with Crippen LogP contribution in [0.1, 0.15) is 38.1 Å². The molecule has 0 aliphatic carbocycles. The minimum absolute atomic E-state index is 0.0822. The molecule has 2 aromatic rings. The van der Waals surface area contributed by atoms with E-state index in [-0.39, 0.29) is 18.0 Å². The molecule has 2 rings (SSSR count). The Labute approximate surface area is 108 Å². The van der Waals surface area contributed by atoms with Crippen molar-refractivity contribution in [2.24, 2.45) is 0 Å². The Balaban J connectivity index is 2.01. The summed E-state index contributed by atoms with van der Waals surface area (Å²) in [5, 5.41) is 15.0. The second-order valence-corrected chi connectivity index (χ2v) is 4.04. The van der Waals surface area contributed by atoms with Crippen LogP contribution in [0.15, 0.2) is 21.1 Å². The van der Waals surface area contributed by atoms with E-state index in [1.54, 1.807) is 19.9 Å². The number of aryl methyl sites for hydroxylation is 2. The average Bonchev–Trinajstić information content (AvgIpc) is 2.92. The average molecular weight is 264 g/mol. The van der Waals surface area contributed by atoms with Crippen LogP contribution in [0.5, 0.6) is 0 Å². The van der Waals surface area contributed by atoms with Gasteiger partial charge in [0.2, 0.25) is 5.76 Å². The summed E-state index contributed by atoms with van der Waals surface area (Å²) in [6.07, 6.45) is 0. The second-order valence-electron chi connectivity index (χ2n) is 4.04. The van der Waals surface area contributed by atoms with Gasteiger partial charge in [0.15, 0.2) is 5.69 Å². The molecule has 0 fully saturated rings. The third-order valence-corrected chi connectivity index (χ3v) is 2.45. The molecule has 0 saturated carbocycles. The topological polar surface area (TPSA) is 106 Å². The molecule has 2 heterocycles. The zero-order valence-corrected chi connectivity index (χ0v) is 10.4. The smallest absolute Gasteiger partial charge is 0.372 e. The van der Waals surface area contributed by atoms with Crippen LogP contribution >= 0.6 is 0 Å². The van der Waals surface area contributed by atoms with E-state index < -0.39 is 11.9 Å². The van der Waals surface area contributed by atoms with Crippen molar-refractivity contribution in [1.29, 1.82) is 0 Å². The van der Waals surface area contributed by atoms with Crippen molar-refractivity contribution in [3.8, 4) is 0 Å². The van der Waals surface area contributed by atoms with E-state index in [9.17, 15) is 9.59 Å². The van der Waals surface area contributed by atoms with Crippen LogP contribution in [0, 0.1) is 13.8 Å². The molecular weight excluding hydrogens is 252 g/mol. The van der Waals surface area contributed by atoms with E-state index >= 15 is 0 Å². The first-order valence-corrected chi connectivity index (χ1v) is 5.51. The molecule has 0 spiro atoms. The van der Waals surface area contributed by atoms with Gasteiger partial charge in [-0.2, -0.15) is 0 Å². The third kappa shape index (κ3) is 2.82. The Morgan fingerprint density at radius 3 is 2.63 bits per heavy atom. The highest BCUT2D eigenvalue weighted by Crippen LogP contribution is 2.14. The summed E-state index contributed by atoms with van der Waals surface area (Å²) in [7, 11) is 0. The predicted molar refractivity (Wildman–Crippen MR) is 62.8 cm³/mol. The number of carbonyl (C=O) groups excluding carboxylic acids is 1. The second kappa shape index (κ2) is 4.97. The highest BCUT2D eigenvalue weighted by molar-refractivity contribution is 5.92. The molecule has 1 amide bonds. The minimum Gasteiger partial charge on any atom is -0.475 e. The van der Waals surface area contributed by atoms with Gasteiger partial charge in [0.05, 0.1) is 6.54 Å². The summed E-state index contributed by atoms with van der Waals surface area (Å²) in [5.74, 6) is -0.776. The molecule has 19 heavy (non-hydrogen) atoms. The summed E-state index contributed by atoms with van der Waals surface area (Å²) >= 11 is 0. The van der Waals surface area contributed by atoms with Crippen LogP contribution in [0.2, 0.25) is 0 Å². The van der Waals surface area contributed by atoms with Crippen molar-refractivity contribution in [3.63, 3.8) is 0 Å². The van der Waals surface area contributed by atoms with E-state index in [4.69, 9.17) is 14.0 Å². The van der Waals surface area contributed by atoms with Crippen molar-refractivity contribution in [2.45, 2.75) is 20.4 Å². The number of hydrogen-bond donors (Lipinski definition) is 2. The van der Waals surface area contributed by atoms with Crippen LogP contribution in [-0.4, -0.2) is 22.1 Å². The Morgan fingerprint density at radius 2 is 2.11 bits per heavy atom. The molecule has 0 aliphatic heterocycles. The van der Waals surface area contributed by atoms with Gasteiger partial charge >= 0.3 is 5.97 Å². The Kier molecular flexibility index (Phi) is 3.37. The number of aromatic carboxylic acids is 1. The van der Waals surface area contributed by atoms with Crippen molar-refractivity contribution in [3.05, 3.63) is 40.7 Å². The lowest BCUT2D eigenvalue weighted by Gasteiger charge is -1.99. The first kappa shape index (κ1) is 12.9. The van der Waals surface area contributed by atoms with E-state index in [2.05, 4.69) is 10.5 Å². The maximum absolute atomic E-state index is 11.7. The van der Waals surface area contributed by atoms with Gasteiger partial charge < -0.3 is 19.4 Å². The Morgan fingerprint density at radius 1 is 1.37 bits per heavy atom. The number of nitrogens with one attached hydrogen (secondary N) is 1. The van der Waals surface area contributed by atoms with E-state index in [1.807, 2.05) is 0 Å². The fraction of sp³-hybridized carbons (Fsp3) is 0.250. The van der Waals surface area contributed by atoms with Gasteiger partial charge in [-0.1, -0.05) is 5.16 Å². The number of carbonyl (C=O) groups is 2. The van der Waals surface area contributed by atoms with Crippen molar-refractivity contribution >= 4 is 11.9 Å². The number of furan rings is 1. The molecule has 0 saturated heterocycles. The maximum Gasteiger partial charge on any atom is 0.372 e. The van der Waals surface area contributed by atoms with E-state index in [0.29, 0.717) is 17.1 Å². The van der Waals surface area contributed by atoms with E-state index in [1.165, 1.54) is 6.07 Å². The van der Waals surface area contributed by atoms with Crippen LogP contribution in [0.25, 0.3) is 0 Å². The fourth-order valence-electron chi connectivity index (χ4n) is 1.58. The summed E-state index contributed by atoms with van der Waals surface area (Å²) in [6.45, 7) is 3.39. The number of amides is 1. The SMILES string of the molecule is Cc1cc(C(=O)NCc2cc(C)c(C(=O)O)o2)no1. The molecule has 0 aliphatic rings. The molecule has 0 unspecified atom stereocenters. The van der Waals surface area contributed by atoms with Crippen molar-refractivity contribution in [2.75, 3.05) is 0 Å². The molecule has 2 aromatic heterocycles. The molecule has 7 heteroatoms. The summed E-state index contributed by atoms with van der Waals surface area (Å²) in [5.41, 5.74) is 0.674. The van der Waals surface area contributed by atoms with Gasteiger partial charge in [-0.3, -0.25) is 4.79 Å². The van der Waals surface area contributed by atoms with Crippen LogP contribution in [0.4, 0.5) is 0 Å². The fourth-order valence-corrected chi connectivity index (χ4v) is 1.58. The molecule has 0 atom stereocenters. The molecule has 7 nitrogen and oxygen atoms in total. The molecule has 0 aromatic carbocycles. The first-order chi connectivity index (χ1) is 8.97. The Bertz CT molecular complexity index is 626. The largest absolute Gasteiger partial charge is 0.475 e. The monoisotopic (exact) mass is 264 g/mol. The predicted octanol–water partition coefficient (Wildman–Crippen LogP) is 1.51. The van der Waals surface area contributed by atoms with Gasteiger partial charge in [0.25, 0.3) is 5.91 Å². The zero-order valence-electron chi connectivity index (χ0n) is 10.4. The summed E-state index contributed by atoms with van der Waals surface area (Å²) in [6, 6.07) is 3.07. The highest BCUT2D eigenvalue weighted by Gasteiger charge is 2.16. The minimum atomic E-state index is -1.14. The zero-order chi connectivity index (χ0) is 14.0. The third-order valence-electron chi connectivity index (χ3n) is 2.45. The van der Waals surface area contributed by atoms with Gasteiger partial charge in [-0.05, 0) is 19.9 Å². The molecule has 100 valence electrons. The quantitative estimate of drug-likeness (QED) is 0.867. The number of rotatable bonds is 4. The Hall–Kier alpha value is -2.57. The number of aromatic nitrogens is 1. The lowest BCUT2D eigenvalue weighted by Crippen LogP contribution is -2.22. The summed E-state index contributed by atoms with van der Waals surface area (Å²) < 4.78 is 9.89.